The molecule has 0 saturated heterocycles. The molecule has 0 aliphatic carbocycles. The van der Waals surface area contributed by atoms with Crippen molar-refractivity contribution in [3.05, 3.63) is 23.8 Å². The van der Waals surface area contributed by atoms with Crippen LogP contribution in [0.2, 0.25) is 0 Å². The molecule has 82 valence electrons. The Morgan fingerprint density at radius 1 is 1.40 bits per heavy atom. The molecule has 0 aromatic heterocycles. The van der Waals surface area contributed by atoms with E-state index in [9.17, 15) is 8.78 Å². The van der Waals surface area contributed by atoms with E-state index in [0.717, 1.165) is 0 Å². The van der Waals surface area contributed by atoms with Crippen molar-refractivity contribution in [2.45, 2.75) is 6.61 Å². The predicted octanol–water partition coefficient (Wildman–Crippen LogP) is 1.93. The number of alkyl halides is 2. The van der Waals surface area contributed by atoms with Crippen molar-refractivity contribution in [2.75, 3.05) is 7.11 Å². The van der Waals surface area contributed by atoms with Crippen LogP contribution in [0.15, 0.2) is 18.2 Å². The van der Waals surface area contributed by atoms with Crippen LogP contribution in [0.1, 0.15) is 5.56 Å². The van der Waals surface area contributed by atoms with Crippen LogP contribution in [0.3, 0.4) is 0 Å². The third-order valence-corrected chi connectivity index (χ3v) is 1.90. The maximum atomic E-state index is 12.0. The molecule has 6 heteroatoms. The molecule has 0 fully saturated rings. The summed E-state index contributed by atoms with van der Waals surface area (Å²) in [6, 6.07) is 4.27. The minimum atomic E-state index is -2.89. The van der Waals surface area contributed by atoms with Crippen LogP contribution in [0.4, 0.5) is 8.78 Å². The highest BCUT2D eigenvalue weighted by Crippen LogP contribution is 2.29. The Labute approximate surface area is 90.8 Å². The van der Waals surface area contributed by atoms with E-state index in [-0.39, 0.29) is 16.5 Å². The number of methoxy groups -OCH3 is 1. The maximum Gasteiger partial charge on any atom is 0.387 e. The lowest BCUT2D eigenvalue weighted by Gasteiger charge is -2.10. The van der Waals surface area contributed by atoms with Crippen molar-refractivity contribution < 1.29 is 18.3 Å². The molecule has 0 spiro atoms. The van der Waals surface area contributed by atoms with Crippen LogP contribution >= 0.6 is 12.2 Å². The summed E-state index contributed by atoms with van der Waals surface area (Å²) >= 11 is 4.73. The summed E-state index contributed by atoms with van der Waals surface area (Å²) in [5, 5.41) is 0. The van der Waals surface area contributed by atoms with Crippen LogP contribution in [0.5, 0.6) is 11.5 Å². The van der Waals surface area contributed by atoms with Gasteiger partial charge in [0.15, 0.2) is 11.5 Å². The first-order valence-electron chi connectivity index (χ1n) is 3.97. The second-order valence-corrected chi connectivity index (χ2v) is 3.05. The second kappa shape index (κ2) is 4.88. The van der Waals surface area contributed by atoms with Crippen LogP contribution in [-0.4, -0.2) is 18.7 Å². The van der Waals surface area contributed by atoms with Gasteiger partial charge in [0.25, 0.3) is 0 Å². The van der Waals surface area contributed by atoms with Gasteiger partial charge in [-0.1, -0.05) is 12.2 Å². The van der Waals surface area contributed by atoms with Gasteiger partial charge in [-0.05, 0) is 18.2 Å². The minimum Gasteiger partial charge on any atom is -0.493 e. The molecule has 0 radical (unpaired) electrons. The van der Waals surface area contributed by atoms with Crippen LogP contribution in [0.25, 0.3) is 0 Å². The summed E-state index contributed by atoms with van der Waals surface area (Å²) in [5.74, 6) is 0.119. The number of halogens is 2. The van der Waals surface area contributed by atoms with Gasteiger partial charge in [0.1, 0.15) is 4.99 Å². The molecule has 1 aromatic carbocycles. The van der Waals surface area contributed by atoms with Gasteiger partial charge in [0.05, 0.1) is 7.11 Å². The summed E-state index contributed by atoms with van der Waals surface area (Å²) in [5.41, 5.74) is 5.91. The van der Waals surface area contributed by atoms with E-state index < -0.39 is 6.61 Å². The van der Waals surface area contributed by atoms with Crippen molar-refractivity contribution in [1.29, 1.82) is 0 Å². The fourth-order valence-electron chi connectivity index (χ4n) is 1.01. The first kappa shape index (κ1) is 11.6. The van der Waals surface area contributed by atoms with Gasteiger partial charge in [-0.2, -0.15) is 8.78 Å². The first-order valence-corrected chi connectivity index (χ1v) is 4.38. The molecule has 2 N–H and O–H groups in total. The SMILES string of the molecule is COc1cc(C(N)=S)ccc1OC(F)F. The molecular formula is C9H9F2NO2S. The van der Waals surface area contributed by atoms with Crippen molar-refractivity contribution in [2.24, 2.45) is 5.73 Å². The summed E-state index contributed by atoms with van der Waals surface area (Å²) in [4.78, 5) is 0.164. The molecule has 0 heterocycles. The van der Waals surface area contributed by atoms with Gasteiger partial charge in [-0.3, -0.25) is 0 Å². The van der Waals surface area contributed by atoms with Gasteiger partial charge < -0.3 is 15.2 Å². The lowest BCUT2D eigenvalue weighted by atomic mass is 10.2. The molecule has 0 aliphatic rings. The van der Waals surface area contributed by atoms with Crippen molar-refractivity contribution >= 4 is 17.2 Å². The highest BCUT2D eigenvalue weighted by molar-refractivity contribution is 7.80. The Bertz CT molecular complexity index is 371. The molecule has 15 heavy (non-hydrogen) atoms. The Balaban J connectivity index is 3.03. The fraction of sp³-hybridized carbons (Fsp3) is 0.222. The summed E-state index contributed by atoms with van der Waals surface area (Å²) < 4.78 is 33.0. The van der Waals surface area contributed by atoms with Crippen LogP contribution < -0.4 is 15.2 Å². The van der Waals surface area contributed by atoms with Crippen molar-refractivity contribution in [1.82, 2.24) is 0 Å². The molecule has 1 aromatic rings. The standard InChI is InChI=1S/C9H9F2NO2S/c1-13-7-4-5(8(12)15)2-3-6(7)14-9(10)11/h2-4,9H,1H3,(H2,12,15). The van der Waals surface area contributed by atoms with Gasteiger partial charge in [0, 0.05) is 5.56 Å². The predicted molar refractivity (Wildman–Crippen MR) is 55.5 cm³/mol. The third-order valence-electron chi connectivity index (χ3n) is 1.66. The average Bonchev–Trinajstić information content (AvgIpc) is 2.17. The van der Waals surface area contributed by atoms with E-state index in [4.69, 9.17) is 22.7 Å². The zero-order valence-electron chi connectivity index (χ0n) is 7.87. The Morgan fingerprint density at radius 3 is 2.53 bits per heavy atom. The van der Waals surface area contributed by atoms with E-state index in [1.54, 1.807) is 0 Å². The number of hydrogen-bond donors (Lipinski definition) is 1. The fourth-order valence-corrected chi connectivity index (χ4v) is 1.14. The van der Waals surface area contributed by atoms with E-state index >= 15 is 0 Å². The minimum absolute atomic E-state index is 0.0486. The molecule has 1 rings (SSSR count). The number of rotatable bonds is 4. The summed E-state index contributed by atoms with van der Waals surface area (Å²) in [6.45, 7) is -2.89. The molecule has 0 atom stereocenters. The summed E-state index contributed by atoms with van der Waals surface area (Å²) in [7, 11) is 1.34. The van der Waals surface area contributed by atoms with Crippen molar-refractivity contribution in [3.8, 4) is 11.5 Å². The first-order chi connectivity index (χ1) is 7.04. The second-order valence-electron chi connectivity index (χ2n) is 2.61. The number of hydrogen-bond acceptors (Lipinski definition) is 3. The normalized spacial score (nSPS) is 10.1. The molecule has 3 nitrogen and oxygen atoms in total. The quantitative estimate of drug-likeness (QED) is 0.807. The smallest absolute Gasteiger partial charge is 0.387 e. The van der Waals surface area contributed by atoms with Crippen LogP contribution in [-0.2, 0) is 0 Å². The molecule has 0 saturated carbocycles. The monoisotopic (exact) mass is 233 g/mol. The van der Waals surface area contributed by atoms with Gasteiger partial charge in [-0.25, -0.2) is 0 Å². The van der Waals surface area contributed by atoms with E-state index in [2.05, 4.69) is 4.74 Å². The lowest BCUT2D eigenvalue weighted by Crippen LogP contribution is -2.10. The maximum absolute atomic E-state index is 12.0. The lowest BCUT2D eigenvalue weighted by molar-refractivity contribution is -0.0512. The zero-order valence-corrected chi connectivity index (χ0v) is 8.68. The summed E-state index contributed by atoms with van der Waals surface area (Å²) in [6.07, 6.45) is 0. The average molecular weight is 233 g/mol. The van der Waals surface area contributed by atoms with E-state index in [1.165, 1.54) is 25.3 Å². The highest BCUT2D eigenvalue weighted by Gasteiger charge is 2.11. The number of benzene rings is 1. The Morgan fingerprint density at radius 2 is 2.07 bits per heavy atom. The van der Waals surface area contributed by atoms with E-state index in [1.807, 2.05) is 0 Å². The number of thiocarbonyl (C=S) groups is 1. The molecule has 0 amide bonds. The molecule has 0 bridgehead atoms. The Kier molecular flexibility index (Phi) is 3.79. The zero-order chi connectivity index (χ0) is 11.4. The van der Waals surface area contributed by atoms with Gasteiger partial charge >= 0.3 is 6.61 Å². The molecular weight excluding hydrogens is 224 g/mol. The van der Waals surface area contributed by atoms with Gasteiger partial charge in [0.2, 0.25) is 0 Å². The number of ether oxygens (including phenoxy) is 2. The molecule has 0 unspecified atom stereocenters. The van der Waals surface area contributed by atoms with Gasteiger partial charge in [-0.15, -0.1) is 0 Å². The number of nitrogens with two attached hydrogens (primary N) is 1. The van der Waals surface area contributed by atoms with Crippen molar-refractivity contribution in [3.63, 3.8) is 0 Å². The molecule has 0 aliphatic heterocycles. The topological polar surface area (TPSA) is 44.5 Å². The Hall–Kier alpha value is -1.43. The highest BCUT2D eigenvalue weighted by atomic mass is 32.1. The third kappa shape index (κ3) is 3.02. The largest absolute Gasteiger partial charge is 0.493 e. The van der Waals surface area contributed by atoms with Crippen LogP contribution in [0, 0.1) is 0 Å². The van der Waals surface area contributed by atoms with E-state index in [0.29, 0.717) is 5.56 Å².